The number of halogens is 1. The van der Waals surface area contributed by atoms with Gasteiger partial charge in [0.1, 0.15) is 11.6 Å². The van der Waals surface area contributed by atoms with Crippen LogP contribution < -0.4 is 9.80 Å². The number of ether oxygens (including phenoxy) is 1. The number of rotatable bonds is 8. The fourth-order valence-corrected chi connectivity index (χ4v) is 3.32. The molecule has 4 nitrogen and oxygen atoms in total. The van der Waals surface area contributed by atoms with Gasteiger partial charge in [0.25, 0.3) is 0 Å². The van der Waals surface area contributed by atoms with Crippen LogP contribution in [0.4, 0.5) is 15.8 Å². The topological polar surface area (TPSA) is 35.9 Å². The highest BCUT2D eigenvalue weighted by Crippen LogP contribution is 2.30. The Balaban J connectivity index is 1.81. The fourth-order valence-electron chi connectivity index (χ4n) is 3.32. The first-order valence-corrected chi connectivity index (χ1v) is 10.3. The molecule has 0 radical (unpaired) electrons. The maximum absolute atomic E-state index is 15.0. The van der Waals surface area contributed by atoms with Gasteiger partial charge < -0.3 is 19.6 Å². The summed E-state index contributed by atoms with van der Waals surface area (Å²) in [6, 6.07) is 20.4. The van der Waals surface area contributed by atoms with Gasteiger partial charge in [-0.1, -0.05) is 49.1 Å². The number of anilines is 2. The zero-order chi connectivity index (χ0) is 23.3. The molecule has 0 heterocycles. The molecule has 0 aromatic heterocycles. The van der Waals surface area contributed by atoms with Gasteiger partial charge in [-0.3, -0.25) is 0 Å². The van der Waals surface area contributed by atoms with E-state index in [1.807, 2.05) is 79.7 Å². The Bertz CT molecular complexity index is 1110. The van der Waals surface area contributed by atoms with Crippen molar-refractivity contribution in [3.63, 3.8) is 0 Å². The molecule has 0 spiro atoms. The monoisotopic (exact) mass is 432 g/mol. The lowest BCUT2D eigenvalue weighted by atomic mass is 10.0. The zero-order valence-corrected chi connectivity index (χ0v) is 18.9. The molecule has 0 bridgehead atoms. The summed E-state index contributed by atoms with van der Waals surface area (Å²) in [5, 5.41) is 10.9. The third kappa shape index (κ3) is 5.37. The Morgan fingerprint density at radius 1 is 0.969 bits per heavy atom. The quantitative estimate of drug-likeness (QED) is 0.275. The summed E-state index contributed by atoms with van der Waals surface area (Å²) in [5.74, 6) is 0.0910. The third-order valence-corrected chi connectivity index (χ3v) is 5.36. The second-order valence-corrected chi connectivity index (χ2v) is 7.76. The average Bonchev–Trinajstić information content (AvgIpc) is 2.81. The Morgan fingerprint density at radius 2 is 1.66 bits per heavy atom. The lowest BCUT2D eigenvalue weighted by Gasteiger charge is -2.27. The minimum atomic E-state index is -1.13. The van der Waals surface area contributed by atoms with E-state index in [0.717, 1.165) is 28.1 Å². The molecule has 166 valence electrons. The van der Waals surface area contributed by atoms with E-state index in [2.05, 4.69) is 6.58 Å². The van der Waals surface area contributed by atoms with E-state index in [-0.39, 0.29) is 5.56 Å². The van der Waals surface area contributed by atoms with Gasteiger partial charge in [-0.15, -0.1) is 0 Å². The normalized spacial score (nSPS) is 11.9. The summed E-state index contributed by atoms with van der Waals surface area (Å²) in [6.45, 7) is 3.76. The van der Waals surface area contributed by atoms with E-state index in [0.29, 0.717) is 5.76 Å². The molecule has 3 aromatic carbocycles. The minimum absolute atomic E-state index is 0.217. The van der Waals surface area contributed by atoms with Crippen molar-refractivity contribution < 1.29 is 14.2 Å². The Morgan fingerprint density at radius 3 is 2.28 bits per heavy atom. The average molecular weight is 433 g/mol. The van der Waals surface area contributed by atoms with Gasteiger partial charge in [0.15, 0.2) is 6.23 Å². The van der Waals surface area contributed by atoms with E-state index in [1.54, 1.807) is 31.2 Å². The Kier molecular flexibility index (Phi) is 7.33. The molecule has 32 heavy (non-hydrogen) atoms. The van der Waals surface area contributed by atoms with Gasteiger partial charge in [0.05, 0.1) is 7.11 Å². The van der Waals surface area contributed by atoms with Gasteiger partial charge in [0, 0.05) is 38.1 Å². The summed E-state index contributed by atoms with van der Waals surface area (Å²) in [6.07, 6.45) is 2.50. The van der Waals surface area contributed by atoms with Crippen LogP contribution in [0.2, 0.25) is 0 Å². The van der Waals surface area contributed by atoms with E-state index >= 15 is 0 Å². The van der Waals surface area contributed by atoms with E-state index in [9.17, 15) is 9.50 Å². The second-order valence-electron chi connectivity index (χ2n) is 7.76. The van der Waals surface area contributed by atoms with E-state index in [4.69, 9.17) is 4.74 Å². The molecular formula is C27H29FN2O2. The summed E-state index contributed by atoms with van der Waals surface area (Å²) in [5.41, 5.74) is 4.64. The van der Waals surface area contributed by atoms with E-state index < -0.39 is 12.0 Å². The van der Waals surface area contributed by atoms with Gasteiger partial charge >= 0.3 is 0 Å². The van der Waals surface area contributed by atoms with Crippen molar-refractivity contribution in [1.82, 2.24) is 0 Å². The first-order valence-electron chi connectivity index (χ1n) is 10.3. The SMILES string of the molecule is C=C(/C=C/c1cccc(N(C)C(O)c2ccc(-c3ccc(N(C)C)cc3)cc2F)c1)OC. The van der Waals surface area contributed by atoms with Crippen LogP contribution in [0.1, 0.15) is 17.4 Å². The van der Waals surface area contributed by atoms with Crippen molar-refractivity contribution in [2.75, 3.05) is 38.1 Å². The van der Waals surface area contributed by atoms with Gasteiger partial charge in [0.2, 0.25) is 0 Å². The molecule has 3 rings (SSSR count). The first kappa shape index (κ1) is 23.1. The van der Waals surface area contributed by atoms with Crippen LogP contribution >= 0.6 is 0 Å². The van der Waals surface area contributed by atoms with Crippen molar-refractivity contribution in [3.05, 3.63) is 102 Å². The zero-order valence-electron chi connectivity index (χ0n) is 18.9. The number of aliphatic hydroxyl groups is 1. The predicted octanol–water partition coefficient (Wildman–Crippen LogP) is 5.86. The standard InChI is InChI=1S/C27H29FN2O2/c1-19(32-5)9-10-20-7-6-8-24(17-20)30(4)27(31)25-16-13-22(18-26(25)28)21-11-14-23(15-12-21)29(2)3/h6-18,27,31H,1H2,2-5H3/b10-9+. The molecule has 1 unspecified atom stereocenters. The number of allylic oxidation sites excluding steroid dienone is 1. The van der Waals surface area contributed by atoms with Crippen LogP contribution in [0.3, 0.4) is 0 Å². The largest absolute Gasteiger partial charge is 0.497 e. The molecule has 0 aliphatic carbocycles. The number of hydrogen-bond acceptors (Lipinski definition) is 4. The predicted molar refractivity (Wildman–Crippen MR) is 131 cm³/mol. The summed E-state index contributed by atoms with van der Waals surface area (Å²) >= 11 is 0. The summed E-state index contributed by atoms with van der Waals surface area (Å²) < 4.78 is 20.0. The maximum Gasteiger partial charge on any atom is 0.155 e. The third-order valence-electron chi connectivity index (χ3n) is 5.36. The highest BCUT2D eigenvalue weighted by Gasteiger charge is 2.19. The number of methoxy groups -OCH3 is 1. The minimum Gasteiger partial charge on any atom is -0.497 e. The number of benzene rings is 3. The highest BCUT2D eigenvalue weighted by molar-refractivity contribution is 5.67. The Labute approximate surface area is 189 Å². The van der Waals surface area contributed by atoms with E-state index in [1.165, 1.54) is 6.07 Å². The highest BCUT2D eigenvalue weighted by atomic mass is 19.1. The number of aliphatic hydroxyl groups excluding tert-OH is 1. The van der Waals surface area contributed by atoms with Crippen LogP contribution in [-0.2, 0) is 4.74 Å². The van der Waals surface area contributed by atoms with Crippen LogP contribution in [0, 0.1) is 5.82 Å². The molecule has 1 N–H and O–H groups in total. The smallest absolute Gasteiger partial charge is 0.155 e. The lowest BCUT2D eigenvalue weighted by Crippen LogP contribution is -2.24. The van der Waals surface area contributed by atoms with Gasteiger partial charge in [-0.25, -0.2) is 4.39 Å². The number of nitrogens with zero attached hydrogens (tertiary/aromatic N) is 2. The van der Waals surface area contributed by atoms with Crippen molar-refractivity contribution >= 4 is 17.5 Å². The molecule has 0 saturated carbocycles. The molecule has 5 heteroatoms. The van der Waals surface area contributed by atoms with Gasteiger partial charge in [-0.05, 0) is 53.1 Å². The molecule has 0 aliphatic rings. The molecule has 0 saturated heterocycles. The summed E-state index contributed by atoms with van der Waals surface area (Å²) in [7, 11) is 7.24. The molecular weight excluding hydrogens is 403 g/mol. The van der Waals surface area contributed by atoms with Crippen LogP contribution in [0.5, 0.6) is 0 Å². The van der Waals surface area contributed by atoms with Crippen LogP contribution in [-0.4, -0.2) is 33.4 Å². The van der Waals surface area contributed by atoms with Crippen molar-refractivity contribution in [1.29, 1.82) is 0 Å². The van der Waals surface area contributed by atoms with Crippen LogP contribution in [0.15, 0.2) is 85.1 Å². The van der Waals surface area contributed by atoms with Crippen molar-refractivity contribution in [2.45, 2.75) is 6.23 Å². The van der Waals surface area contributed by atoms with Gasteiger partial charge in [-0.2, -0.15) is 0 Å². The second kappa shape index (κ2) is 10.2. The first-order chi connectivity index (χ1) is 15.3. The van der Waals surface area contributed by atoms with Crippen molar-refractivity contribution in [2.24, 2.45) is 0 Å². The lowest BCUT2D eigenvalue weighted by molar-refractivity contribution is 0.173. The molecule has 0 aliphatic heterocycles. The fraction of sp³-hybridized carbons (Fsp3) is 0.185. The Hall–Kier alpha value is -3.57. The summed E-state index contributed by atoms with van der Waals surface area (Å²) in [4.78, 5) is 3.64. The molecule has 3 aromatic rings. The molecule has 1 atom stereocenters. The molecule has 0 amide bonds. The van der Waals surface area contributed by atoms with Crippen molar-refractivity contribution in [3.8, 4) is 11.1 Å². The maximum atomic E-state index is 15.0. The molecule has 0 fully saturated rings. The van der Waals surface area contributed by atoms with Crippen LogP contribution in [0.25, 0.3) is 17.2 Å². The number of hydrogen-bond donors (Lipinski definition) is 1.